The van der Waals surface area contributed by atoms with E-state index in [1.165, 1.54) is 18.2 Å². The SMILES string of the molecule is CC(C)(C)C(=O)C(C#N)c1ccccc1F. The van der Waals surface area contributed by atoms with E-state index in [-0.39, 0.29) is 11.3 Å². The fourth-order valence-electron chi connectivity index (χ4n) is 1.41. The lowest BCUT2D eigenvalue weighted by atomic mass is 9.80. The van der Waals surface area contributed by atoms with Crippen LogP contribution in [0.2, 0.25) is 0 Å². The molecule has 84 valence electrons. The Hall–Kier alpha value is -1.69. The number of carbonyl (C=O) groups is 1. The van der Waals surface area contributed by atoms with Gasteiger partial charge in [0, 0.05) is 11.0 Å². The standard InChI is InChI=1S/C13H14FNO/c1-13(2,3)12(16)10(8-15)9-6-4-5-7-11(9)14/h4-7,10H,1-3H3. The molecule has 1 aromatic carbocycles. The fraction of sp³-hybridized carbons (Fsp3) is 0.385. The van der Waals surface area contributed by atoms with E-state index in [1.54, 1.807) is 26.8 Å². The van der Waals surface area contributed by atoms with Crippen molar-refractivity contribution in [1.82, 2.24) is 0 Å². The number of Topliss-reactive ketones (excluding diaryl/α,β-unsaturated/α-hetero) is 1. The van der Waals surface area contributed by atoms with Crippen LogP contribution in [-0.2, 0) is 4.79 Å². The smallest absolute Gasteiger partial charge is 0.159 e. The van der Waals surface area contributed by atoms with E-state index in [0.717, 1.165) is 0 Å². The summed E-state index contributed by atoms with van der Waals surface area (Å²) in [5.74, 6) is -1.80. The molecule has 0 aliphatic heterocycles. The molecule has 3 heteroatoms. The van der Waals surface area contributed by atoms with Gasteiger partial charge in [0.05, 0.1) is 6.07 Å². The van der Waals surface area contributed by atoms with Gasteiger partial charge in [0.2, 0.25) is 0 Å². The highest BCUT2D eigenvalue weighted by atomic mass is 19.1. The van der Waals surface area contributed by atoms with Gasteiger partial charge in [-0.3, -0.25) is 4.79 Å². The van der Waals surface area contributed by atoms with E-state index >= 15 is 0 Å². The lowest BCUT2D eigenvalue weighted by Gasteiger charge is -2.20. The molecule has 0 heterocycles. The number of benzene rings is 1. The molecular weight excluding hydrogens is 205 g/mol. The summed E-state index contributed by atoms with van der Waals surface area (Å²) in [6.45, 7) is 5.17. The predicted molar refractivity (Wildman–Crippen MR) is 59.2 cm³/mol. The van der Waals surface area contributed by atoms with Gasteiger partial charge in [-0.25, -0.2) is 4.39 Å². The Morgan fingerprint density at radius 2 is 1.94 bits per heavy atom. The zero-order chi connectivity index (χ0) is 12.3. The van der Waals surface area contributed by atoms with E-state index in [9.17, 15) is 9.18 Å². The monoisotopic (exact) mass is 219 g/mol. The Bertz CT molecular complexity index is 440. The van der Waals surface area contributed by atoms with Crippen molar-refractivity contribution in [3.05, 3.63) is 35.6 Å². The maximum Gasteiger partial charge on any atom is 0.159 e. The summed E-state index contributed by atoms with van der Waals surface area (Å²) >= 11 is 0. The van der Waals surface area contributed by atoms with Gasteiger partial charge in [0.15, 0.2) is 5.78 Å². The summed E-state index contributed by atoms with van der Waals surface area (Å²) in [6.07, 6.45) is 0. The number of hydrogen-bond donors (Lipinski definition) is 0. The largest absolute Gasteiger partial charge is 0.297 e. The molecule has 0 bridgehead atoms. The highest BCUT2D eigenvalue weighted by Crippen LogP contribution is 2.28. The normalized spacial score (nSPS) is 12.9. The van der Waals surface area contributed by atoms with E-state index in [1.807, 2.05) is 6.07 Å². The Balaban J connectivity index is 3.16. The number of carbonyl (C=O) groups excluding carboxylic acids is 1. The summed E-state index contributed by atoms with van der Waals surface area (Å²) in [5, 5.41) is 9.00. The van der Waals surface area contributed by atoms with Gasteiger partial charge in [0.1, 0.15) is 11.7 Å². The Kier molecular flexibility index (Phi) is 3.44. The molecule has 1 unspecified atom stereocenters. The van der Waals surface area contributed by atoms with E-state index < -0.39 is 17.2 Å². The minimum Gasteiger partial charge on any atom is -0.297 e. The zero-order valence-electron chi connectivity index (χ0n) is 9.62. The van der Waals surface area contributed by atoms with Crippen molar-refractivity contribution in [2.45, 2.75) is 26.7 Å². The number of halogens is 1. The summed E-state index contributed by atoms with van der Waals surface area (Å²) in [5.41, 5.74) is -0.493. The van der Waals surface area contributed by atoms with Gasteiger partial charge in [-0.1, -0.05) is 39.0 Å². The molecule has 0 aliphatic carbocycles. The first-order chi connectivity index (χ1) is 7.38. The molecule has 0 amide bonds. The van der Waals surface area contributed by atoms with Crippen molar-refractivity contribution in [3.8, 4) is 6.07 Å². The van der Waals surface area contributed by atoms with Gasteiger partial charge in [0.25, 0.3) is 0 Å². The summed E-state index contributed by atoms with van der Waals surface area (Å²) in [7, 11) is 0. The zero-order valence-corrected chi connectivity index (χ0v) is 9.62. The first-order valence-electron chi connectivity index (χ1n) is 5.06. The van der Waals surface area contributed by atoms with E-state index in [0.29, 0.717) is 0 Å². The third-order valence-corrected chi connectivity index (χ3v) is 2.35. The molecule has 0 spiro atoms. The van der Waals surface area contributed by atoms with Crippen molar-refractivity contribution in [2.75, 3.05) is 0 Å². The number of hydrogen-bond acceptors (Lipinski definition) is 2. The van der Waals surface area contributed by atoms with Crippen LogP contribution >= 0.6 is 0 Å². The molecule has 0 N–H and O–H groups in total. The summed E-state index contributed by atoms with van der Waals surface area (Å²) in [6, 6.07) is 7.77. The van der Waals surface area contributed by atoms with Gasteiger partial charge >= 0.3 is 0 Å². The molecule has 1 atom stereocenters. The molecule has 0 aliphatic rings. The average molecular weight is 219 g/mol. The highest BCUT2D eigenvalue weighted by molar-refractivity contribution is 5.92. The first-order valence-corrected chi connectivity index (χ1v) is 5.06. The second-order valence-corrected chi connectivity index (χ2v) is 4.70. The van der Waals surface area contributed by atoms with Crippen molar-refractivity contribution in [3.63, 3.8) is 0 Å². The van der Waals surface area contributed by atoms with Crippen LogP contribution in [0.15, 0.2) is 24.3 Å². The number of ketones is 1. The number of rotatable bonds is 2. The molecular formula is C13H14FNO. The summed E-state index contributed by atoms with van der Waals surface area (Å²) < 4.78 is 13.5. The molecule has 0 saturated heterocycles. The van der Waals surface area contributed by atoms with Crippen LogP contribution in [-0.4, -0.2) is 5.78 Å². The minimum atomic E-state index is -1.03. The van der Waals surface area contributed by atoms with Crippen molar-refractivity contribution < 1.29 is 9.18 Å². The molecule has 16 heavy (non-hydrogen) atoms. The molecule has 0 aromatic heterocycles. The topological polar surface area (TPSA) is 40.9 Å². The second kappa shape index (κ2) is 4.44. The second-order valence-electron chi connectivity index (χ2n) is 4.70. The third kappa shape index (κ3) is 2.46. The van der Waals surface area contributed by atoms with Crippen LogP contribution in [0, 0.1) is 22.6 Å². The Morgan fingerprint density at radius 3 is 2.38 bits per heavy atom. The van der Waals surface area contributed by atoms with Crippen molar-refractivity contribution in [2.24, 2.45) is 5.41 Å². The van der Waals surface area contributed by atoms with Crippen LogP contribution < -0.4 is 0 Å². The first kappa shape index (κ1) is 12.4. The maximum absolute atomic E-state index is 13.5. The lowest BCUT2D eigenvalue weighted by Crippen LogP contribution is -2.26. The highest BCUT2D eigenvalue weighted by Gasteiger charge is 2.32. The minimum absolute atomic E-state index is 0.157. The Morgan fingerprint density at radius 1 is 1.38 bits per heavy atom. The quantitative estimate of drug-likeness (QED) is 0.767. The number of nitriles is 1. The average Bonchev–Trinajstić information content (AvgIpc) is 2.20. The van der Waals surface area contributed by atoms with Crippen LogP contribution in [0.1, 0.15) is 32.3 Å². The van der Waals surface area contributed by atoms with Crippen molar-refractivity contribution >= 4 is 5.78 Å². The lowest BCUT2D eigenvalue weighted by molar-refractivity contribution is -0.126. The molecule has 1 aromatic rings. The van der Waals surface area contributed by atoms with E-state index in [4.69, 9.17) is 5.26 Å². The molecule has 0 radical (unpaired) electrons. The Labute approximate surface area is 94.7 Å². The van der Waals surface area contributed by atoms with Gasteiger partial charge in [-0.05, 0) is 6.07 Å². The molecule has 0 saturated carbocycles. The van der Waals surface area contributed by atoms with Crippen LogP contribution in [0.5, 0.6) is 0 Å². The van der Waals surface area contributed by atoms with E-state index in [2.05, 4.69) is 0 Å². The van der Waals surface area contributed by atoms with Gasteiger partial charge in [-0.15, -0.1) is 0 Å². The van der Waals surface area contributed by atoms with Crippen LogP contribution in [0.25, 0.3) is 0 Å². The fourth-order valence-corrected chi connectivity index (χ4v) is 1.41. The van der Waals surface area contributed by atoms with Crippen LogP contribution in [0.4, 0.5) is 4.39 Å². The number of nitrogens with zero attached hydrogens (tertiary/aromatic N) is 1. The van der Waals surface area contributed by atoms with Gasteiger partial charge < -0.3 is 0 Å². The van der Waals surface area contributed by atoms with Crippen molar-refractivity contribution in [1.29, 1.82) is 5.26 Å². The van der Waals surface area contributed by atoms with Crippen LogP contribution in [0.3, 0.4) is 0 Å². The molecule has 0 fully saturated rings. The molecule has 1 rings (SSSR count). The third-order valence-electron chi connectivity index (χ3n) is 2.35. The van der Waals surface area contributed by atoms with Gasteiger partial charge in [-0.2, -0.15) is 5.26 Å². The predicted octanol–water partition coefficient (Wildman–Crippen LogP) is 3.05. The maximum atomic E-state index is 13.5. The summed E-state index contributed by atoms with van der Waals surface area (Å²) in [4.78, 5) is 12.0. The molecule has 2 nitrogen and oxygen atoms in total.